The van der Waals surface area contributed by atoms with Gasteiger partial charge in [0.2, 0.25) is 0 Å². The van der Waals surface area contributed by atoms with E-state index in [1.807, 2.05) is 22.6 Å². The van der Waals surface area contributed by atoms with E-state index in [0.717, 1.165) is 0 Å². The maximum Gasteiger partial charge on any atom is 0.258 e. The number of carbonyl (C=O) groups is 1. The topological polar surface area (TPSA) is 29.5 Å². The van der Waals surface area contributed by atoms with Gasteiger partial charge in [-0.05, 0) is 34.7 Å². The Hall–Kier alpha value is -0.400. The molecule has 0 unspecified atom stereocenters. The predicted molar refractivity (Wildman–Crippen MR) is 70.8 cm³/mol. The van der Waals surface area contributed by atoms with Crippen molar-refractivity contribution in [1.29, 1.82) is 0 Å². The SMILES string of the molecule is O=C(c1c(I)ccc(Cl)c1F)N1CCOCC1. The molecule has 92 valence electrons. The van der Waals surface area contributed by atoms with Crippen molar-refractivity contribution in [2.45, 2.75) is 0 Å². The smallest absolute Gasteiger partial charge is 0.258 e. The molecule has 0 saturated carbocycles. The summed E-state index contributed by atoms with van der Waals surface area (Å²) in [5.41, 5.74) is 0.0556. The number of ether oxygens (including phenoxy) is 1. The molecule has 1 heterocycles. The van der Waals surface area contributed by atoms with Gasteiger partial charge in [0.1, 0.15) is 0 Å². The fourth-order valence-corrected chi connectivity index (χ4v) is 2.45. The van der Waals surface area contributed by atoms with E-state index in [-0.39, 0.29) is 16.5 Å². The minimum Gasteiger partial charge on any atom is -0.378 e. The number of halogens is 3. The molecule has 2 rings (SSSR count). The number of benzene rings is 1. The van der Waals surface area contributed by atoms with Gasteiger partial charge in [-0.3, -0.25) is 4.79 Å². The third kappa shape index (κ3) is 2.71. The molecule has 1 aliphatic rings. The second kappa shape index (κ2) is 5.49. The first-order valence-electron chi connectivity index (χ1n) is 5.12. The molecule has 1 aromatic rings. The lowest BCUT2D eigenvalue weighted by molar-refractivity contribution is 0.0299. The molecule has 0 atom stereocenters. The summed E-state index contributed by atoms with van der Waals surface area (Å²) in [4.78, 5) is 13.7. The molecule has 1 aromatic carbocycles. The van der Waals surface area contributed by atoms with Crippen LogP contribution in [0.1, 0.15) is 10.4 Å². The van der Waals surface area contributed by atoms with Gasteiger partial charge in [0, 0.05) is 16.7 Å². The summed E-state index contributed by atoms with van der Waals surface area (Å²) in [7, 11) is 0. The maximum absolute atomic E-state index is 13.9. The third-order valence-corrected chi connectivity index (χ3v) is 3.75. The van der Waals surface area contributed by atoms with Crippen LogP contribution in [0.4, 0.5) is 4.39 Å². The van der Waals surface area contributed by atoms with Gasteiger partial charge in [0.05, 0.1) is 23.8 Å². The molecule has 3 nitrogen and oxygen atoms in total. The summed E-state index contributed by atoms with van der Waals surface area (Å²) in [6.07, 6.45) is 0. The van der Waals surface area contributed by atoms with Crippen LogP contribution in [0.5, 0.6) is 0 Å². The van der Waals surface area contributed by atoms with Gasteiger partial charge < -0.3 is 9.64 Å². The molecule has 0 radical (unpaired) electrons. The quantitative estimate of drug-likeness (QED) is 0.562. The molecular formula is C11H10ClFINO2. The monoisotopic (exact) mass is 369 g/mol. The van der Waals surface area contributed by atoms with Crippen LogP contribution in [0.25, 0.3) is 0 Å². The van der Waals surface area contributed by atoms with E-state index in [1.54, 1.807) is 11.0 Å². The summed E-state index contributed by atoms with van der Waals surface area (Å²) in [6, 6.07) is 3.09. The van der Waals surface area contributed by atoms with Crippen LogP contribution in [0.3, 0.4) is 0 Å². The van der Waals surface area contributed by atoms with E-state index in [9.17, 15) is 9.18 Å². The second-order valence-electron chi connectivity index (χ2n) is 3.62. The average molecular weight is 370 g/mol. The van der Waals surface area contributed by atoms with Crippen LogP contribution in [0, 0.1) is 9.39 Å². The molecule has 0 bridgehead atoms. The van der Waals surface area contributed by atoms with Crippen LogP contribution in [0.15, 0.2) is 12.1 Å². The van der Waals surface area contributed by atoms with Crippen molar-refractivity contribution in [3.05, 3.63) is 32.1 Å². The number of nitrogens with zero attached hydrogens (tertiary/aromatic N) is 1. The molecule has 0 aromatic heterocycles. The van der Waals surface area contributed by atoms with Crippen LogP contribution in [-0.2, 0) is 4.74 Å². The van der Waals surface area contributed by atoms with Crippen molar-refractivity contribution >= 4 is 40.1 Å². The van der Waals surface area contributed by atoms with E-state index in [4.69, 9.17) is 16.3 Å². The lowest BCUT2D eigenvalue weighted by Gasteiger charge is -2.27. The van der Waals surface area contributed by atoms with Crippen molar-refractivity contribution in [3.63, 3.8) is 0 Å². The normalized spacial score (nSPS) is 16.1. The van der Waals surface area contributed by atoms with Crippen molar-refractivity contribution in [2.75, 3.05) is 26.3 Å². The lowest BCUT2D eigenvalue weighted by Crippen LogP contribution is -2.41. The van der Waals surface area contributed by atoms with E-state index in [2.05, 4.69) is 0 Å². The Bertz CT molecular complexity index is 449. The Labute approximate surface area is 117 Å². The number of hydrogen-bond donors (Lipinski definition) is 0. The Balaban J connectivity index is 2.32. The zero-order valence-corrected chi connectivity index (χ0v) is 11.8. The van der Waals surface area contributed by atoms with E-state index >= 15 is 0 Å². The van der Waals surface area contributed by atoms with Gasteiger partial charge in [-0.25, -0.2) is 4.39 Å². The lowest BCUT2D eigenvalue weighted by atomic mass is 10.2. The van der Waals surface area contributed by atoms with Crippen molar-refractivity contribution in [2.24, 2.45) is 0 Å². The van der Waals surface area contributed by atoms with Crippen molar-refractivity contribution in [1.82, 2.24) is 4.90 Å². The van der Waals surface area contributed by atoms with Crippen LogP contribution in [-0.4, -0.2) is 37.1 Å². The number of rotatable bonds is 1. The summed E-state index contributed by atoms with van der Waals surface area (Å²) in [5, 5.41) is -0.0259. The summed E-state index contributed by atoms with van der Waals surface area (Å²) < 4.78 is 19.6. The van der Waals surface area contributed by atoms with Crippen LogP contribution in [0.2, 0.25) is 5.02 Å². The van der Waals surface area contributed by atoms with Crippen molar-refractivity contribution < 1.29 is 13.9 Å². The highest BCUT2D eigenvalue weighted by Crippen LogP contribution is 2.24. The molecule has 0 spiro atoms. The highest BCUT2D eigenvalue weighted by atomic mass is 127. The fraction of sp³-hybridized carbons (Fsp3) is 0.364. The Morgan fingerprint density at radius 1 is 1.41 bits per heavy atom. The maximum atomic E-state index is 13.9. The molecule has 0 N–H and O–H groups in total. The highest BCUT2D eigenvalue weighted by molar-refractivity contribution is 14.1. The minimum atomic E-state index is -0.643. The summed E-state index contributed by atoms with van der Waals surface area (Å²) >= 11 is 7.63. The van der Waals surface area contributed by atoms with E-state index in [0.29, 0.717) is 29.9 Å². The molecule has 1 saturated heterocycles. The second-order valence-corrected chi connectivity index (χ2v) is 5.19. The molecule has 1 amide bonds. The number of hydrogen-bond acceptors (Lipinski definition) is 2. The zero-order chi connectivity index (χ0) is 12.4. The number of carbonyl (C=O) groups excluding carboxylic acids is 1. The van der Waals surface area contributed by atoms with Crippen LogP contribution >= 0.6 is 34.2 Å². The Morgan fingerprint density at radius 3 is 2.71 bits per heavy atom. The summed E-state index contributed by atoms with van der Waals surface area (Å²) in [6.45, 7) is 1.96. The third-order valence-electron chi connectivity index (χ3n) is 2.56. The number of morpholine rings is 1. The molecule has 1 aliphatic heterocycles. The Kier molecular flexibility index (Phi) is 4.22. The van der Waals surface area contributed by atoms with Crippen molar-refractivity contribution in [3.8, 4) is 0 Å². The van der Waals surface area contributed by atoms with Gasteiger partial charge in [-0.1, -0.05) is 11.6 Å². The van der Waals surface area contributed by atoms with Gasteiger partial charge in [0.15, 0.2) is 5.82 Å². The molecule has 0 aliphatic carbocycles. The van der Waals surface area contributed by atoms with Gasteiger partial charge >= 0.3 is 0 Å². The zero-order valence-electron chi connectivity index (χ0n) is 8.88. The average Bonchev–Trinajstić information content (AvgIpc) is 2.35. The van der Waals surface area contributed by atoms with E-state index < -0.39 is 5.82 Å². The molecule has 6 heteroatoms. The largest absolute Gasteiger partial charge is 0.378 e. The van der Waals surface area contributed by atoms with Gasteiger partial charge in [-0.2, -0.15) is 0 Å². The first-order valence-corrected chi connectivity index (χ1v) is 6.57. The fourth-order valence-electron chi connectivity index (χ4n) is 1.65. The highest BCUT2D eigenvalue weighted by Gasteiger charge is 2.24. The number of amides is 1. The molecule has 1 fully saturated rings. The first kappa shape index (κ1) is 13.0. The van der Waals surface area contributed by atoms with Crippen LogP contribution < -0.4 is 0 Å². The van der Waals surface area contributed by atoms with Gasteiger partial charge in [0.25, 0.3) is 5.91 Å². The summed E-state index contributed by atoms with van der Waals surface area (Å²) in [5.74, 6) is -0.965. The van der Waals surface area contributed by atoms with E-state index in [1.165, 1.54) is 6.07 Å². The van der Waals surface area contributed by atoms with Gasteiger partial charge in [-0.15, -0.1) is 0 Å². The minimum absolute atomic E-state index is 0.0259. The molecule has 17 heavy (non-hydrogen) atoms. The molecular weight excluding hydrogens is 359 g/mol. The first-order chi connectivity index (χ1) is 8.11. The standard InChI is InChI=1S/C11H10ClFINO2/c12-7-1-2-8(14)9(10(7)13)11(16)15-3-5-17-6-4-15/h1-2H,3-6H2. The Morgan fingerprint density at radius 2 is 2.06 bits per heavy atom. The predicted octanol–water partition coefficient (Wildman–Crippen LogP) is 2.56.